The lowest BCUT2D eigenvalue weighted by molar-refractivity contribution is -0.120. The van der Waals surface area contributed by atoms with Gasteiger partial charge in [0.2, 0.25) is 5.91 Å². The number of anilines is 1. The predicted molar refractivity (Wildman–Crippen MR) is 105 cm³/mol. The van der Waals surface area contributed by atoms with Crippen LogP contribution < -0.4 is 5.32 Å². The van der Waals surface area contributed by atoms with Crippen LogP contribution in [0.4, 0.5) is 5.69 Å². The van der Waals surface area contributed by atoms with Crippen molar-refractivity contribution in [1.82, 2.24) is 9.88 Å². The Balaban J connectivity index is 1.62. The minimum atomic E-state index is -0.238. The number of hydrogen-bond donors (Lipinski definition) is 1. The third kappa shape index (κ3) is 4.24. The summed E-state index contributed by atoms with van der Waals surface area (Å²) in [7, 11) is 1.95. The molecule has 0 bridgehead atoms. The molecule has 1 unspecified atom stereocenters. The molecule has 0 fully saturated rings. The van der Waals surface area contributed by atoms with Crippen LogP contribution in [0.25, 0.3) is 10.2 Å². The first kappa shape index (κ1) is 17.6. The number of nitrogens with zero attached hydrogens (tertiary/aromatic N) is 2. The van der Waals surface area contributed by atoms with E-state index in [1.165, 1.54) is 10.3 Å². The molecule has 0 radical (unpaired) electrons. The van der Waals surface area contributed by atoms with Crippen molar-refractivity contribution in [3.63, 3.8) is 0 Å². The van der Waals surface area contributed by atoms with Gasteiger partial charge in [-0.15, -0.1) is 11.3 Å². The number of carbonyl (C=O) groups is 1. The quantitative estimate of drug-likeness (QED) is 0.718. The van der Waals surface area contributed by atoms with Crippen molar-refractivity contribution < 1.29 is 4.79 Å². The number of amides is 1. The van der Waals surface area contributed by atoms with Crippen LogP contribution in [0.5, 0.6) is 0 Å². The standard InChI is InChI=1S/C20H23N3OS/c1-4-15-9-11-16(12-10-15)21-20(24)14(2)23(3)13-19-22-17-7-5-6-8-18(17)25-19/h5-12,14H,4,13H2,1-3H3,(H,21,24). The van der Waals surface area contributed by atoms with Gasteiger partial charge in [0, 0.05) is 5.69 Å². The molecule has 1 aromatic heterocycles. The lowest BCUT2D eigenvalue weighted by atomic mass is 10.1. The van der Waals surface area contributed by atoms with E-state index in [-0.39, 0.29) is 11.9 Å². The summed E-state index contributed by atoms with van der Waals surface area (Å²) < 4.78 is 1.18. The van der Waals surface area contributed by atoms with Crippen LogP contribution >= 0.6 is 11.3 Å². The molecule has 1 N–H and O–H groups in total. The average molecular weight is 353 g/mol. The molecule has 2 aromatic carbocycles. The van der Waals surface area contributed by atoms with Crippen LogP contribution in [0.15, 0.2) is 48.5 Å². The van der Waals surface area contributed by atoms with Gasteiger partial charge in [-0.1, -0.05) is 31.2 Å². The number of hydrogen-bond acceptors (Lipinski definition) is 4. The van der Waals surface area contributed by atoms with Gasteiger partial charge in [0.25, 0.3) is 0 Å². The number of rotatable bonds is 6. The summed E-state index contributed by atoms with van der Waals surface area (Å²) >= 11 is 1.68. The van der Waals surface area contributed by atoms with E-state index in [1.54, 1.807) is 11.3 Å². The molecule has 1 amide bonds. The molecule has 0 saturated carbocycles. The monoisotopic (exact) mass is 353 g/mol. The second kappa shape index (κ2) is 7.76. The zero-order valence-electron chi connectivity index (χ0n) is 14.8. The third-order valence-corrected chi connectivity index (χ3v) is 5.41. The second-order valence-corrected chi connectivity index (χ2v) is 7.32. The maximum atomic E-state index is 12.5. The Morgan fingerprint density at radius 1 is 1.20 bits per heavy atom. The summed E-state index contributed by atoms with van der Waals surface area (Å²) in [5.41, 5.74) is 3.12. The minimum Gasteiger partial charge on any atom is -0.325 e. The molecule has 3 rings (SSSR count). The minimum absolute atomic E-state index is 0.00661. The van der Waals surface area contributed by atoms with E-state index in [9.17, 15) is 4.79 Å². The van der Waals surface area contributed by atoms with Gasteiger partial charge in [-0.3, -0.25) is 9.69 Å². The topological polar surface area (TPSA) is 45.2 Å². The lowest BCUT2D eigenvalue weighted by Crippen LogP contribution is -2.39. The number of benzene rings is 2. The van der Waals surface area contributed by atoms with Gasteiger partial charge >= 0.3 is 0 Å². The molecule has 0 saturated heterocycles. The smallest absolute Gasteiger partial charge is 0.241 e. The molecule has 25 heavy (non-hydrogen) atoms. The van der Waals surface area contributed by atoms with E-state index in [1.807, 2.05) is 61.3 Å². The molecule has 0 aliphatic heterocycles. The van der Waals surface area contributed by atoms with Crippen molar-refractivity contribution in [2.75, 3.05) is 12.4 Å². The third-order valence-electron chi connectivity index (χ3n) is 4.39. The van der Waals surface area contributed by atoms with Crippen LogP contribution in [0.3, 0.4) is 0 Å². The molecule has 1 heterocycles. The largest absolute Gasteiger partial charge is 0.325 e. The van der Waals surface area contributed by atoms with Crippen LogP contribution in [0.1, 0.15) is 24.4 Å². The summed E-state index contributed by atoms with van der Waals surface area (Å²) in [5, 5.41) is 4.01. The number of aromatic nitrogens is 1. The van der Waals surface area contributed by atoms with Gasteiger partial charge in [-0.05, 0) is 50.2 Å². The van der Waals surface area contributed by atoms with Crippen molar-refractivity contribution in [1.29, 1.82) is 0 Å². The Bertz CT molecular complexity index is 824. The average Bonchev–Trinajstić information content (AvgIpc) is 3.03. The molecular formula is C20H23N3OS. The number of aryl methyl sites for hydroxylation is 1. The summed E-state index contributed by atoms with van der Waals surface area (Å²) in [6, 6.07) is 15.9. The molecule has 0 aliphatic rings. The summed E-state index contributed by atoms with van der Waals surface area (Å²) in [4.78, 5) is 19.2. The highest BCUT2D eigenvalue weighted by molar-refractivity contribution is 7.18. The van der Waals surface area contributed by atoms with Gasteiger partial charge in [0.05, 0.1) is 22.8 Å². The molecule has 130 valence electrons. The number of nitrogens with one attached hydrogen (secondary N) is 1. The summed E-state index contributed by atoms with van der Waals surface area (Å²) in [6.07, 6.45) is 0.996. The van der Waals surface area contributed by atoms with E-state index in [0.29, 0.717) is 6.54 Å². The van der Waals surface area contributed by atoms with Crippen molar-refractivity contribution >= 4 is 33.1 Å². The van der Waals surface area contributed by atoms with Crippen molar-refractivity contribution in [2.45, 2.75) is 32.9 Å². The Morgan fingerprint density at radius 2 is 1.92 bits per heavy atom. The first-order chi connectivity index (χ1) is 12.1. The summed E-state index contributed by atoms with van der Waals surface area (Å²) in [5.74, 6) is -0.00661. The molecule has 1 atom stereocenters. The molecule has 0 spiro atoms. The Kier molecular flexibility index (Phi) is 5.46. The highest BCUT2D eigenvalue weighted by Gasteiger charge is 2.19. The maximum Gasteiger partial charge on any atom is 0.241 e. The zero-order valence-corrected chi connectivity index (χ0v) is 15.6. The van der Waals surface area contributed by atoms with E-state index in [4.69, 9.17) is 0 Å². The zero-order chi connectivity index (χ0) is 17.8. The van der Waals surface area contributed by atoms with E-state index in [0.717, 1.165) is 22.6 Å². The van der Waals surface area contributed by atoms with Gasteiger partial charge in [0.1, 0.15) is 5.01 Å². The van der Waals surface area contributed by atoms with Gasteiger partial charge in [-0.25, -0.2) is 4.98 Å². The molecule has 4 nitrogen and oxygen atoms in total. The first-order valence-corrected chi connectivity index (χ1v) is 9.33. The second-order valence-electron chi connectivity index (χ2n) is 6.21. The fourth-order valence-corrected chi connectivity index (χ4v) is 3.64. The van der Waals surface area contributed by atoms with E-state index in [2.05, 4.69) is 23.3 Å². The summed E-state index contributed by atoms with van der Waals surface area (Å²) in [6.45, 7) is 4.69. The van der Waals surface area contributed by atoms with Crippen LogP contribution in [0, 0.1) is 0 Å². The number of carbonyl (C=O) groups excluding carboxylic acids is 1. The highest BCUT2D eigenvalue weighted by atomic mass is 32.1. The first-order valence-electron chi connectivity index (χ1n) is 8.51. The van der Waals surface area contributed by atoms with Gasteiger partial charge < -0.3 is 5.32 Å². The fourth-order valence-electron chi connectivity index (χ4n) is 2.61. The maximum absolute atomic E-state index is 12.5. The van der Waals surface area contributed by atoms with Crippen molar-refractivity contribution in [3.8, 4) is 0 Å². The predicted octanol–water partition coefficient (Wildman–Crippen LogP) is 4.32. The molecule has 5 heteroatoms. The molecular weight excluding hydrogens is 330 g/mol. The van der Waals surface area contributed by atoms with Crippen molar-refractivity contribution in [2.24, 2.45) is 0 Å². The number of thiazole rings is 1. The Labute approximate surface area is 152 Å². The lowest BCUT2D eigenvalue weighted by Gasteiger charge is -2.22. The van der Waals surface area contributed by atoms with E-state index < -0.39 is 0 Å². The Morgan fingerprint density at radius 3 is 2.60 bits per heavy atom. The molecule has 0 aliphatic carbocycles. The van der Waals surface area contributed by atoms with Crippen LogP contribution in [-0.2, 0) is 17.8 Å². The van der Waals surface area contributed by atoms with Crippen LogP contribution in [0.2, 0.25) is 0 Å². The normalized spacial score (nSPS) is 12.5. The Hall–Kier alpha value is -2.24. The SMILES string of the molecule is CCc1ccc(NC(=O)C(C)N(C)Cc2nc3ccccc3s2)cc1. The fraction of sp³-hybridized carbons (Fsp3) is 0.300. The highest BCUT2D eigenvalue weighted by Crippen LogP contribution is 2.23. The van der Waals surface area contributed by atoms with Gasteiger partial charge in [0.15, 0.2) is 0 Å². The molecule has 3 aromatic rings. The number of fused-ring (bicyclic) bond motifs is 1. The van der Waals surface area contributed by atoms with Crippen LogP contribution in [-0.4, -0.2) is 28.9 Å². The van der Waals surface area contributed by atoms with E-state index >= 15 is 0 Å². The number of likely N-dealkylation sites (N-methyl/N-ethyl adjacent to an activating group) is 1. The van der Waals surface area contributed by atoms with Gasteiger partial charge in [-0.2, -0.15) is 0 Å². The van der Waals surface area contributed by atoms with Crippen molar-refractivity contribution in [3.05, 3.63) is 59.1 Å². The number of para-hydroxylation sites is 1.